The summed E-state index contributed by atoms with van der Waals surface area (Å²) in [4.78, 5) is 7.19. The highest BCUT2D eigenvalue weighted by Crippen LogP contribution is 2.30. The number of fused-ring (bicyclic) bond motifs is 1. The number of benzene rings is 2. The number of aromatic nitrogens is 1. The van der Waals surface area contributed by atoms with Gasteiger partial charge in [0.05, 0.1) is 35.1 Å². The van der Waals surface area contributed by atoms with Gasteiger partial charge in [-0.3, -0.25) is 0 Å². The normalized spacial score (nSPS) is 14.1. The molecular weight excluding hydrogens is 404 g/mol. The molecule has 3 aromatic rings. The van der Waals surface area contributed by atoms with Crippen LogP contribution in [0.25, 0.3) is 27.9 Å². The lowest BCUT2D eigenvalue weighted by Gasteiger charge is -2.39. The van der Waals surface area contributed by atoms with Crippen molar-refractivity contribution in [1.29, 1.82) is 0 Å². The van der Waals surface area contributed by atoms with Crippen LogP contribution in [0.5, 0.6) is 0 Å². The van der Waals surface area contributed by atoms with Crippen molar-refractivity contribution in [2.45, 2.75) is 26.2 Å². The quantitative estimate of drug-likeness (QED) is 0.474. The van der Waals surface area contributed by atoms with Crippen molar-refractivity contribution in [3.8, 4) is 11.3 Å². The van der Waals surface area contributed by atoms with E-state index < -0.39 is 0 Å². The summed E-state index contributed by atoms with van der Waals surface area (Å²) < 4.78 is 0. The molecule has 0 aliphatic carbocycles. The SMILES string of the molecule is C=C(CCCC)N1CCN(C(=C)c2ccc3c(Cl)cc(-c4ccccc4)nc3c2)NC1. The van der Waals surface area contributed by atoms with Gasteiger partial charge < -0.3 is 9.91 Å². The summed E-state index contributed by atoms with van der Waals surface area (Å²) in [6, 6.07) is 18.2. The second kappa shape index (κ2) is 9.54. The number of nitrogens with one attached hydrogen (secondary N) is 1. The summed E-state index contributed by atoms with van der Waals surface area (Å²) >= 11 is 6.58. The fourth-order valence-electron chi connectivity index (χ4n) is 3.87. The fourth-order valence-corrected chi connectivity index (χ4v) is 4.13. The first-order chi connectivity index (χ1) is 15.1. The average molecular weight is 433 g/mol. The third-order valence-electron chi connectivity index (χ3n) is 5.80. The smallest absolute Gasteiger partial charge is 0.0854 e. The van der Waals surface area contributed by atoms with Crippen LogP contribution in [0.4, 0.5) is 0 Å². The number of halogens is 1. The lowest BCUT2D eigenvalue weighted by atomic mass is 10.1. The number of rotatable bonds is 7. The molecule has 2 aromatic carbocycles. The maximum absolute atomic E-state index is 6.58. The summed E-state index contributed by atoms with van der Waals surface area (Å²) in [7, 11) is 0. The number of hydrogen-bond acceptors (Lipinski definition) is 4. The molecule has 0 saturated carbocycles. The standard InChI is InChI=1S/C26H29ClN4/c1-4-5-9-19(2)30-14-15-31(28-18-30)20(3)22-12-13-23-24(27)17-25(29-26(23)16-22)21-10-7-6-8-11-21/h6-8,10-13,16-17,28H,2-5,9,14-15,18H2,1H3. The molecule has 2 heterocycles. The van der Waals surface area contributed by atoms with Gasteiger partial charge >= 0.3 is 0 Å². The van der Waals surface area contributed by atoms with E-state index in [4.69, 9.17) is 16.6 Å². The molecule has 4 rings (SSSR count). The van der Waals surface area contributed by atoms with Gasteiger partial charge in [-0.05, 0) is 25.0 Å². The molecule has 1 fully saturated rings. The van der Waals surface area contributed by atoms with Gasteiger partial charge in [0.1, 0.15) is 0 Å². The maximum Gasteiger partial charge on any atom is 0.0854 e. The molecule has 0 atom stereocenters. The number of hydrazine groups is 1. The monoisotopic (exact) mass is 432 g/mol. The van der Waals surface area contributed by atoms with Crippen molar-refractivity contribution >= 4 is 28.2 Å². The van der Waals surface area contributed by atoms with Crippen LogP contribution in [0.2, 0.25) is 5.02 Å². The van der Waals surface area contributed by atoms with Gasteiger partial charge in [-0.2, -0.15) is 0 Å². The van der Waals surface area contributed by atoms with E-state index in [0.717, 1.165) is 59.6 Å². The van der Waals surface area contributed by atoms with E-state index >= 15 is 0 Å². The largest absolute Gasteiger partial charge is 0.359 e. The minimum Gasteiger partial charge on any atom is -0.359 e. The Morgan fingerprint density at radius 1 is 1.10 bits per heavy atom. The number of hydrogen-bond donors (Lipinski definition) is 1. The predicted molar refractivity (Wildman–Crippen MR) is 131 cm³/mol. The minimum absolute atomic E-state index is 0.707. The molecule has 1 aromatic heterocycles. The van der Waals surface area contributed by atoms with Gasteiger partial charge in [0.25, 0.3) is 0 Å². The number of allylic oxidation sites excluding steroid dienone is 1. The third-order valence-corrected chi connectivity index (χ3v) is 6.11. The first-order valence-corrected chi connectivity index (χ1v) is 11.2. The second-order valence-corrected chi connectivity index (χ2v) is 8.34. The average Bonchev–Trinajstić information content (AvgIpc) is 2.82. The van der Waals surface area contributed by atoms with E-state index in [2.05, 4.69) is 47.5 Å². The molecule has 0 bridgehead atoms. The Hall–Kier alpha value is -2.82. The van der Waals surface area contributed by atoms with Crippen molar-refractivity contribution in [1.82, 2.24) is 20.3 Å². The van der Waals surface area contributed by atoms with Gasteiger partial charge in [-0.1, -0.05) is 80.6 Å². The molecule has 1 aliphatic rings. The summed E-state index contributed by atoms with van der Waals surface area (Å²) in [5.41, 5.74) is 9.45. The van der Waals surface area contributed by atoms with Crippen LogP contribution in [0.15, 0.2) is 73.5 Å². The summed E-state index contributed by atoms with van der Waals surface area (Å²) in [5, 5.41) is 3.77. The van der Waals surface area contributed by atoms with E-state index in [0.29, 0.717) is 5.02 Å². The van der Waals surface area contributed by atoms with Crippen LogP contribution in [0, 0.1) is 0 Å². The predicted octanol–water partition coefficient (Wildman–Crippen LogP) is 6.31. The zero-order valence-electron chi connectivity index (χ0n) is 18.1. The van der Waals surface area contributed by atoms with Crippen LogP contribution >= 0.6 is 11.6 Å². The van der Waals surface area contributed by atoms with Crippen molar-refractivity contribution < 1.29 is 0 Å². The molecule has 31 heavy (non-hydrogen) atoms. The van der Waals surface area contributed by atoms with Crippen molar-refractivity contribution in [3.63, 3.8) is 0 Å². The minimum atomic E-state index is 0.707. The van der Waals surface area contributed by atoms with Gasteiger partial charge in [0.2, 0.25) is 0 Å². The highest BCUT2D eigenvalue weighted by atomic mass is 35.5. The molecule has 1 N–H and O–H groups in total. The first-order valence-electron chi connectivity index (χ1n) is 10.9. The molecule has 160 valence electrons. The molecular formula is C26H29ClN4. The molecule has 0 radical (unpaired) electrons. The van der Waals surface area contributed by atoms with Gasteiger partial charge in [0.15, 0.2) is 0 Å². The molecule has 0 spiro atoms. The highest BCUT2D eigenvalue weighted by Gasteiger charge is 2.19. The molecule has 5 heteroatoms. The number of pyridine rings is 1. The molecule has 1 aliphatic heterocycles. The Morgan fingerprint density at radius 3 is 2.61 bits per heavy atom. The first kappa shape index (κ1) is 21.4. The van der Waals surface area contributed by atoms with E-state index in [1.807, 2.05) is 42.5 Å². The van der Waals surface area contributed by atoms with Crippen molar-refractivity contribution in [2.75, 3.05) is 19.8 Å². The Balaban J connectivity index is 1.52. The van der Waals surface area contributed by atoms with Gasteiger partial charge in [-0.25, -0.2) is 10.4 Å². The third kappa shape index (κ3) is 4.76. The van der Waals surface area contributed by atoms with Gasteiger partial charge in [-0.15, -0.1) is 0 Å². The summed E-state index contributed by atoms with van der Waals surface area (Å²) in [5.74, 6) is 0. The van der Waals surface area contributed by atoms with Crippen LogP contribution in [0.3, 0.4) is 0 Å². The van der Waals surface area contributed by atoms with Crippen LogP contribution < -0.4 is 5.43 Å². The van der Waals surface area contributed by atoms with Crippen LogP contribution in [-0.4, -0.2) is 34.7 Å². The highest BCUT2D eigenvalue weighted by molar-refractivity contribution is 6.35. The van der Waals surface area contributed by atoms with Crippen molar-refractivity contribution in [2.24, 2.45) is 0 Å². The summed E-state index contributed by atoms with van der Waals surface area (Å²) in [6.45, 7) is 13.3. The fraction of sp³-hybridized carbons (Fsp3) is 0.269. The van der Waals surface area contributed by atoms with E-state index in [9.17, 15) is 0 Å². The Kier molecular flexibility index (Phi) is 6.59. The Morgan fingerprint density at radius 2 is 1.90 bits per heavy atom. The Bertz CT molecular complexity index is 1090. The van der Waals surface area contributed by atoms with Crippen LogP contribution in [-0.2, 0) is 0 Å². The van der Waals surface area contributed by atoms with Gasteiger partial charge in [0, 0.05) is 28.8 Å². The van der Waals surface area contributed by atoms with E-state index in [1.54, 1.807) is 0 Å². The molecule has 1 saturated heterocycles. The molecule has 0 amide bonds. The number of unbranched alkanes of at least 4 members (excludes halogenated alkanes) is 1. The second-order valence-electron chi connectivity index (χ2n) is 7.94. The zero-order valence-corrected chi connectivity index (χ0v) is 18.8. The maximum atomic E-state index is 6.58. The zero-order chi connectivity index (χ0) is 21.8. The molecule has 4 nitrogen and oxygen atoms in total. The topological polar surface area (TPSA) is 31.4 Å². The number of nitrogens with zero attached hydrogens (tertiary/aromatic N) is 3. The molecule has 0 unspecified atom stereocenters. The van der Waals surface area contributed by atoms with E-state index in [1.165, 1.54) is 18.5 Å². The lowest BCUT2D eigenvalue weighted by molar-refractivity contribution is 0.134. The van der Waals surface area contributed by atoms with E-state index in [-0.39, 0.29) is 0 Å². The lowest BCUT2D eigenvalue weighted by Crippen LogP contribution is -2.52. The Labute approximate surface area is 189 Å². The summed E-state index contributed by atoms with van der Waals surface area (Å²) in [6.07, 6.45) is 3.43. The van der Waals surface area contributed by atoms with Crippen molar-refractivity contribution in [3.05, 3.63) is 84.0 Å². The van der Waals surface area contributed by atoms with Crippen LogP contribution in [0.1, 0.15) is 31.7 Å².